The molecule has 26 heavy (non-hydrogen) atoms. The average molecular weight is 365 g/mol. The van der Waals surface area contributed by atoms with E-state index in [1.807, 2.05) is 0 Å². The molecule has 4 rings (SSSR count). The van der Waals surface area contributed by atoms with E-state index in [0.29, 0.717) is 0 Å². The van der Waals surface area contributed by atoms with Gasteiger partial charge in [0.15, 0.2) is 11.0 Å². The summed E-state index contributed by atoms with van der Waals surface area (Å²) in [5.74, 6) is 1.89. The van der Waals surface area contributed by atoms with Crippen LogP contribution < -0.4 is 0 Å². The highest BCUT2D eigenvalue weighted by Gasteiger charge is 2.23. The van der Waals surface area contributed by atoms with Gasteiger partial charge in [0.05, 0.1) is 12.5 Å². The summed E-state index contributed by atoms with van der Waals surface area (Å²) in [7, 11) is 0. The topological polar surface area (TPSA) is 34.0 Å². The molecule has 0 bridgehead atoms. The maximum Gasteiger partial charge on any atom is 0.193 e. The van der Waals surface area contributed by atoms with Crippen LogP contribution in [0.2, 0.25) is 0 Å². The van der Waals surface area contributed by atoms with Gasteiger partial charge in [0, 0.05) is 12.1 Å². The molecule has 2 aromatic carbocycles. The molecule has 0 amide bonds. The zero-order chi connectivity index (χ0) is 18.1. The normalized spacial score (nSPS) is 15.0. The van der Waals surface area contributed by atoms with Crippen molar-refractivity contribution < 1.29 is 0 Å². The minimum atomic E-state index is 0.158. The maximum atomic E-state index is 4.47. The van der Waals surface area contributed by atoms with E-state index >= 15 is 0 Å². The molecule has 4 nitrogen and oxygen atoms in total. The van der Waals surface area contributed by atoms with E-state index in [2.05, 4.69) is 95.0 Å². The zero-order valence-corrected chi connectivity index (χ0v) is 16.3. The van der Waals surface area contributed by atoms with Gasteiger partial charge in [-0.05, 0) is 16.5 Å². The third-order valence-corrected chi connectivity index (χ3v) is 5.75. The molecule has 0 fully saturated rings. The van der Waals surface area contributed by atoms with Crippen LogP contribution in [0.3, 0.4) is 0 Å². The van der Waals surface area contributed by atoms with E-state index in [4.69, 9.17) is 0 Å². The highest BCUT2D eigenvalue weighted by molar-refractivity contribution is 7.99. The van der Waals surface area contributed by atoms with Crippen molar-refractivity contribution in [1.82, 2.24) is 19.7 Å². The molecule has 1 aliphatic heterocycles. The summed E-state index contributed by atoms with van der Waals surface area (Å²) in [6, 6.07) is 19.3. The largest absolute Gasteiger partial charge is 0.288 e. The minimum absolute atomic E-state index is 0.158. The van der Waals surface area contributed by atoms with Crippen molar-refractivity contribution in [2.24, 2.45) is 0 Å². The van der Waals surface area contributed by atoms with Crippen molar-refractivity contribution in [2.75, 3.05) is 5.88 Å². The molecule has 0 unspecified atom stereocenters. The third-order valence-electron chi connectivity index (χ3n) is 4.69. The molecule has 1 aromatic heterocycles. The summed E-state index contributed by atoms with van der Waals surface area (Å²) in [4.78, 5) is 2.42. The monoisotopic (exact) mass is 364 g/mol. The number of aromatic nitrogens is 3. The summed E-state index contributed by atoms with van der Waals surface area (Å²) >= 11 is 1.75. The standard InChI is InChI=1S/C21H24N4S/c1-21(2,3)18-11-9-17(10-12-18)19-22-23-20-25(19)14-24(15-26-20)13-16-7-5-4-6-8-16/h4-12H,13-15H2,1-3H3. The van der Waals surface area contributed by atoms with Gasteiger partial charge in [0.1, 0.15) is 0 Å². The molecule has 0 saturated carbocycles. The Balaban J connectivity index is 1.57. The van der Waals surface area contributed by atoms with Crippen LogP contribution in [0.15, 0.2) is 59.8 Å². The Kier molecular flexibility index (Phi) is 4.59. The quantitative estimate of drug-likeness (QED) is 0.671. The smallest absolute Gasteiger partial charge is 0.193 e. The number of hydrogen-bond acceptors (Lipinski definition) is 4. The van der Waals surface area contributed by atoms with Gasteiger partial charge in [-0.3, -0.25) is 9.47 Å². The molecule has 3 aromatic rings. The Hall–Kier alpha value is -2.11. The first-order valence-electron chi connectivity index (χ1n) is 8.94. The van der Waals surface area contributed by atoms with Gasteiger partial charge in [-0.25, -0.2) is 0 Å². The highest BCUT2D eigenvalue weighted by Crippen LogP contribution is 2.31. The van der Waals surface area contributed by atoms with Crippen LogP contribution in [0.25, 0.3) is 11.4 Å². The number of nitrogens with zero attached hydrogens (tertiary/aromatic N) is 4. The van der Waals surface area contributed by atoms with Crippen molar-refractivity contribution in [2.45, 2.75) is 44.6 Å². The van der Waals surface area contributed by atoms with Crippen molar-refractivity contribution in [1.29, 1.82) is 0 Å². The Morgan fingerprint density at radius 1 is 0.962 bits per heavy atom. The van der Waals surface area contributed by atoms with E-state index in [9.17, 15) is 0 Å². The summed E-state index contributed by atoms with van der Waals surface area (Å²) in [6.07, 6.45) is 0. The third kappa shape index (κ3) is 3.55. The van der Waals surface area contributed by atoms with Gasteiger partial charge in [0.2, 0.25) is 0 Å². The van der Waals surface area contributed by atoms with Crippen molar-refractivity contribution in [3.63, 3.8) is 0 Å². The second-order valence-corrected chi connectivity index (χ2v) is 8.70. The van der Waals surface area contributed by atoms with E-state index in [0.717, 1.165) is 35.6 Å². The first-order chi connectivity index (χ1) is 12.5. The fraction of sp³-hybridized carbons (Fsp3) is 0.333. The Bertz CT molecular complexity index is 879. The second kappa shape index (κ2) is 6.89. The Morgan fingerprint density at radius 2 is 1.69 bits per heavy atom. The predicted octanol–water partition coefficient (Wildman–Crippen LogP) is 4.77. The van der Waals surface area contributed by atoms with Crippen LogP contribution in [0.4, 0.5) is 0 Å². The number of benzene rings is 2. The highest BCUT2D eigenvalue weighted by atomic mass is 32.2. The van der Waals surface area contributed by atoms with E-state index in [-0.39, 0.29) is 5.41 Å². The molecular weight excluding hydrogens is 340 g/mol. The van der Waals surface area contributed by atoms with Gasteiger partial charge < -0.3 is 0 Å². The van der Waals surface area contributed by atoms with Gasteiger partial charge in [0.25, 0.3) is 0 Å². The summed E-state index contributed by atoms with van der Waals surface area (Å²) in [5.41, 5.74) is 3.95. The van der Waals surface area contributed by atoms with Crippen LogP contribution in [-0.2, 0) is 18.6 Å². The molecular formula is C21H24N4S. The van der Waals surface area contributed by atoms with Gasteiger partial charge in [-0.2, -0.15) is 0 Å². The van der Waals surface area contributed by atoms with E-state index in [1.54, 1.807) is 11.8 Å². The summed E-state index contributed by atoms with van der Waals surface area (Å²) < 4.78 is 2.23. The molecule has 0 saturated heterocycles. The second-order valence-electron chi connectivity index (χ2n) is 7.79. The van der Waals surface area contributed by atoms with Crippen LogP contribution in [0.5, 0.6) is 0 Å². The van der Waals surface area contributed by atoms with Crippen molar-refractivity contribution >= 4 is 11.8 Å². The molecule has 0 aliphatic carbocycles. The Morgan fingerprint density at radius 3 is 2.38 bits per heavy atom. The fourth-order valence-electron chi connectivity index (χ4n) is 3.18. The maximum absolute atomic E-state index is 4.47. The molecule has 0 spiro atoms. The number of hydrogen-bond donors (Lipinski definition) is 0. The fourth-order valence-corrected chi connectivity index (χ4v) is 4.05. The first-order valence-corrected chi connectivity index (χ1v) is 9.92. The van der Waals surface area contributed by atoms with Crippen molar-refractivity contribution in [3.8, 4) is 11.4 Å². The van der Waals surface area contributed by atoms with Gasteiger partial charge >= 0.3 is 0 Å². The van der Waals surface area contributed by atoms with Crippen LogP contribution in [0.1, 0.15) is 31.9 Å². The van der Waals surface area contributed by atoms with Crippen LogP contribution >= 0.6 is 11.8 Å². The van der Waals surface area contributed by atoms with E-state index in [1.165, 1.54) is 11.1 Å². The number of rotatable bonds is 3. The molecule has 5 heteroatoms. The number of fused-ring (bicyclic) bond motifs is 1. The minimum Gasteiger partial charge on any atom is -0.288 e. The summed E-state index contributed by atoms with van der Waals surface area (Å²) in [5, 5.41) is 9.87. The van der Waals surface area contributed by atoms with E-state index < -0.39 is 0 Å². The lowest BCUT2D eigenvalue weighted by Crippen LogP contribution is -2.30. The molecule has 134 valence electrons. The molecule has 0 N–H and O–H groups in total. The summed E-state index contributed by atoms with van der Waals surface area (Å²) in [6.45, 7) is 8.46. The average Bonchev–Trinajstić information content (AvgIpc) is 3.05. The van der Waals surface area contributed by atoms with Crippen LogP contribution in [0, 0.1) is 0 Å². The predicted molar refractivity (Wildman–Crippen MR) is 107 cm³/mol. The lowest BCUT2D eigenvalue weighted by atomic mass is 9.87. The lowest BCUT2D eigenvalue weighted by molar-refractivity contribution is 0.231. The SMILES string of the molecule is CC(C)(C)c1ccc(-c2nnc3n2CN(Cc2ccccc2)CS3)cc1. The molecule has 0 atom stereocenters. The number of thioether (sulfide) groups is 1. The molecule has 2 heterocycles. The zero-order valence-electron chi connectivity index (χ0n) is 15.5. The van der Waals surface area contributed by atoms with Crippen LogP contribution in [-0.4, -0.2) is 25.5 Å². The molecule has 1 aliphatic rings. The first kappa shape index (κ1) is 17.3. The molecule has 0 radical (unpaired) electrons. The Labute approximate surface area is 159 Å². The van der Waals surface area contributed by atoms with Gasteiger partial charge in [-0.1, -0.05) is 87.1 Å². The van der Waals surface area contributed by atoms with Gasteiger partial charge in [-0.15, -0.1) is 10.2 Å². The van der Waals surface area contributed by atoms with Crippen molar-refractivity contribution in [3.05, 3.63) is 65.7 Å². The lowest BCUT2D eigenvalue weighted by Gasteiger charge is -2.28.